The van der Waals surface area contributed by atoms with Crippen LogP contribution in [0.25, 0.3) is 22.2 Å². The summed E-state index contributed by atoms with van der Waals surface area (Å²) >= 11 is 0. The molecule has 2 saturated heterocycles. The van der Waals surface area contributed by atoms with Crippen LogP contribution in [0.2, 0.25) is 0 Å². The molecule has 12 heteroatoms. The molecule has 1 aromatic carbocycles. The van der Waals surface area contributed by atoms with E-state index in [0.29, 0.717) is 49.4 Å². The van der Waals surface area contributed by atoms with E-state index in [1.54, 1.807) is 6.33 Å². The number of alkyl halides is 3. The topological polar surface area (TPSA) is 103 Å². The highest BCUT2D eigenvalue weighted by atomic mass is 19.4. The van der Waals surface area contributed by atoms with Gasteiger partial charge >= 0.3 is 6.18 Å². The third-order valence-corrected chi connectivity index (χ3v) is 7.21. The van der Waals surface area contributed by atoms with Crippen LogP contribution < -0.4 is 5.32 Å². The van der Waals surface area contributed by atoms with Crippen LogP contribution in [0.3, 0.4) is 0 Å². The molecule has 0 spiro atoms. The van der Waals surface area contributed by atoms with Crippen LogP contribution >= 0.6 is 0 Å². The van der Waals surface area contributed by atoms with Gasteiger partial charge in [-0.25, -0.2) is 4.98 Å². The molecule has 0 radical (unpaired) electrons. The standard InChI is InChI=1S/C25H26F3N7O2/c1-35-14-30-32-21(35)9-24(12-37-13-24)16-4-2-3-15(7-16)22-18-8-20(25(26,27)28)31-19(23(18)34-33-22)10-29-17-5-6-36-11-17/h2-4,7-8,14,17,29H,5-6,9-13H2,1H3,(H,33,34)/t17-/m1/s1. The Morgan fingerprint density at radius 2 is 2.08 bits per heavy atom. The molecule has 3 aromatic heterocycles. The van der Waals surface area contributed by atoms with Crippen LogP contribution in [0.15, 0.2) is 36.7 Å². The molecule has 2 aliphatic rings. The van der Waals surface area contributed by atoms with Crippen molar-refractivity contribution in [2.24, 2.45) is 7.05 Å². The summed E-state index contributed by atoms with van der Waals surface area (Å²) in [4.78, 5) is 3.94. The second-order valence-corrected chi connectivity index (χ2v) is 9.78. The summed E-state index contributed by atoms with van der Waals surface area (Å²) < 4.78 is 54.2. The molecule has 2 N–H and O–H groups in total. The Morgan fingerprint density at radius 3 is 2.76 bits per heavy atom. The SMILES string of the molecule is Cn1cnnc1CC1(c2cccc(-c3n[nH]c4c(CN[C@@H]5CCOC5)nc(C(F)(F)F)cc34)c2)COC1. The number of aromatic nitrogens is 6. The van der Waals surface area contributed by atoms with Gasteiger partial charge in [0.2, 0.25) is 0 Å². The van der Waals surface area contributed by atoms with E-state index in [1.165, 1.54) is 0 Å². The Morgan fingerprint density at radius 1 is 1.22 bits per heavy atom. The average molecular weight is 514 g/mol. The number of fused-ring (bicyclic) bond motifs is 1. The molecule has 5 heterocycles. The zero-order chi connectivity index (χ0) is 25.6. The number of nitrogens with zero attached hydrogens (tertiary/aromatic N) is 5. The van der Waals surface area contributed by atoms with Crippen molar-refractivity contribution < 1.29 is 22.6 Å². The van der Waals surface area contributed by atoms with Gasteiger partial charge in [-0.05, 0) is 24.1 Å². The summed E-state index contributed by atoms with van der Waals surface area (Å²) in [6, 6.07) is 8.91. The molecule has 0 aliphatic carbocycles. The largest absolute Gasteiger partial charge is 0.433 e. The van der Waals surface area contributed by atoms with E-state index in [-0.39, 0.29) is 23.7 Å². The van der Waals surface area contributed by atoms with Gasteiger partial charge in [-0.1, -0.05) is 18.2 Å². The second kappa shape index (κ2) is 9.19. The van der Waals surface area contributed by atoms with E-state index in [2.05, 4.69) is 30.7 Å². The number of benzene rings is 1. The van der Waals surface area contributed by atoms with Crippen molar-refractivity contribution in [3.05, 3.63) is 59.4 Å². The van der Waals surface area contributed by atoms with Gasteiger partial charge in [-0.2, -0.15) is 18.3 Å². The first-order valence-electron chi connectivity index (χ1n) is 12.1. The fourth-order valence-electron chi connectivity index (χ4n) is 5.00. The van der Waals surface area contributed by atoms with Gasteiger partial charge in [0.25, 0.3) is 0 Å². The van der Waals surface area contributed by atoms with Crippen LogP contribution in [-0.2, 0) is 41.1 Å². The molecule has 9 nitrogen and oxygen atoms in total. The lowest BCUT2D eigenvalue weighted by molar-refractivity contribution is -0.141. The number of hydrogen-bond donors (Lipinski definition) is 2. The molecule has 0 unspecified atom stereocenters. The third kappa shape index (κ3) is 4.49. The van der Waals surface area contributed by atoms with Crippen molar-refractivity contribution in [3.63, 3.8) is 0 Å². The quantitative estimate of drug-likeness (QED) is 0.391. The fourth-order valence-corrected chi connectivity index (χ4v) is 5.00. The van der Waals surface area contributed by atoms with Crippen molar-refractivity contribution in [2.75, 3.05) is 26.4 Å². The molecular weight excluding hydrogens is 487 g/mol. The summed E-state index contributed by atoms with van der Waals surface area (Å²) in [5.74, 6) is 0.838. The van der Waals surface area contributed by atoms with Crippen LogP contribution in [0.4, 0.5) is 13.2 Å². The molecule has 194 valence electrons. The minimum atomic E-state index is -4.58. The first-order valence-corrected chi connectivity index (χ1v) is 12.1. The highest BCUT2D eigenvalue weighted by Crippen LogP contribution is 2.39. The van der Waals surface area contributed by atoms with Crippen molar-refractivity contribution in [1.29, 1.82) is 0 Å². The summed E-state index contributed by atoms with van der Waals surface area (Å²) in [5, 5.41) is 19.2. The number of H-pyrrole nitrogens is 1. The van der Waals surface area contributed by atoms with Crippen LogP contribution in [0.1, 0.15) is 29.2 Å². The minimum Gasteiger partial charge on any atom is -0.380 e. The molecule has 2 aliphatic heterocycles. The third-order valence-electron chi connectivity index (χ3n) is 7.21. The Hall–Kier alpha value is -3.35. The number of rotatable bonds is 7. The molecule has 0 bridgehead atoms. The number of pyridine rings is 1. The van der Waals surface area contributed by atoms with Crippen molar-refractivity contribution in [3.8, 4) is 11.3 Å². The highest BCUT2D eigenvalue weighted by molar-refractivity contribution is 5.94. The monoisotopic (exact) mass is 513 g/mol. The van der Waals surface area contributed by atoms with Gasteiger partial charge in [-0.3, -0.25) is 5.10 Å². The number of ether oxygens (including phenoxy) is 2. The highest BCUT2D eigenvalue weighted by Gasteiger charge is 2.42. The molecule has 0 saturated carbocycles. The predicted molar refractivity (Wildman–Crippen MR) is 128 cm³/mol. The van der Waals surface area contributed by atoms with Crippen LogP contribution in [0, 0.1) is 0 Å². The minimum absolute atomic E-state index is 0.0836. The lowest BCUT2D eigenvalue weighted by Crippen LogP contribution is -2.49. The smallest absolute Gasteiger partial charge is 0.380 e. The van der Waals surface area contributed by atoms with E-state index >= 15 is 0 Å². The van der Waals surface area contributed by atoms with Crippen LogP contribution in [-0.4, -0.2) is 62.4 Å². The molecule has 2 fully saturated rings. The number of hydrogen-bond acceptors (Lipinski definition) is 7. The van der Waals surface area contributed by atoms with E-state index < -0.39 is 11.9 Å². The van der Waals surface area contributed by atoms with Gasteiger partial charge in [0, 0.05) is 49.0 Å². The lowest BCUT2D eigenvalue weighted by atomic mass is 9.75. The Labute approximate surface area is 210 Å². The molecule has 0 amide bonds. The maximum Gasteiger partial charge on any atom is 0.433 e. The number of aromatic amines is 1. The van der Waals surface area contributed by atoms with Crippen molar-refractivity contribution in [2.45, 2.75) is 37.0 Å². The molecule has 37 heavy (non-hydrogen) atoms. The van der Waals surface area contributed by atoms with Gasteiger partial charge in [0.05, 0.1) is 31.0 Å². The molecule has 1 atom stereocenters. The number of halogens is 3. The Balaban J connectivity index is 1.38. The summed E-state index contributed by atoms with van der Waals surface area (Å²) in [7, 11) is 1.90. The summed E-state index contributed by atoms with van der Waals surface area (Å²) in [6.07, 6.45) is -1.48. The van der Waals surface area contributed by atoms with Gasteiger partial charge in [-0.15, -0.1) is 10.2 Å². The first-order chi connectivity index (χ1) is 17.8. The van der Waals surface area contributed by atoms with Gasteiger partial charge < -0.3 is 19.4 Å². The molecule has 4 aromatic rings. The van der Waals surface area contributed by atoms with E-state index in [0.717, 1.165) is 29.4 Å². The van der Waals surface area contributed by atoms with E-state index in [9.17, 15) is 13.2 Å². The zero-order valence-electron chi connectivity index (χ0n) is 20.2. The summed E-state index contributed by atoms with van der Waals surface area (Å²) in [5.41, 5.74) is 1.71. The fraction of sp³-hybridized carbons (Fsp3) is 0.440. The van der Waals surface area contributed by atoms with E-state index in [4.69, 9.17) is 9.47 Å². The van der Waals surface area contributed by atoms with E-state index in [1.807, 2.05) is 35.9 Å². The van der Waals surface area contributed by atoms with Crippen LogP contribution in [0.5, 0.6) is 0 Å². The van der Waals surface area contributed by atoms with Gasteiger partial charge in [0.1, 0.15) is 23.5 Å². The second-order valence-electron chi connectivity index (χ2n) is 9.78. The Kier molecular flexibility index (Phi) is 5.97. The normalized spacial score (nSPS) is 19.4. The maximum atomic E-state index is 13.8. The van der Waals surface area contributed by atoms with Crippen molar-refractivity contribution >= 4 is 10.9 Å². The number of aryl methyl sites for hydroxylation is 1. The van der Waals surface area contributed by atoms with Crippen molar-refractivity contribution in [1.82, 2.24) is 35.3 Å². The lowest BCUT2D eigenvalue weighted by Gasteiger charge is -2.41. The molecular formula is C25H26F3N7O2. The van der Waals surface area contributed by atoms with Gasteiger partial charge in [0.15, 0.2) is 0 Å². The average Bonchev–Trinajstić information content (AvgIpc) is 3.61. The first kappa shape index (κ1) is 24.0. The predicted octanol–water partition coefficient (Wildman–Crippen LogP) is 3.16. The number of nitrogens with one attached hydrogen (secondary N) is 2. The maximum absolute atomic E-state index is 13.8. The molecule has 6 rings (SSSR count). The zero-order valence-corrected chi connectivity index (χ0v) is 20.2. The summed E-state index contributed by atoms with van der Waals surface area (Å²) in [6.45, 7) is 2.38. The Bertz CT molecular complexity index is 1420.